The quantitative estimate of drug-likeness (QED) is 0.819. The minimum Gasteiger partial charge on any atom is -0.324 e. The van der Waals surface area contributed by atoms with Crippen molar-refractivity contribution in [1.29, 1.82) is 0 Å². The number of benzene rings is 1. The summed E-state index contributed by atoms with van der Waals surface area (Å²) in [6, 6.07) is 2.98. The monoisotopic (exact) mass is 307 g/mol. The Balaban J connectivity index is 0.00000324. The van der Waals surface area contributed by atoms with Crippen molar-refractivity contribution in [2.75, 3.05) is 0 Å². The molecule has 0 aliphatic rings. The summed E-state index contributed by atoms with van der Waals surface area (Å²) >= 11 is 0. The van der Waals surface area contributed by atoms with Gasteiger partial charge in [-0.3, -0.25) is 0 Å². The molecular weight excluding hydrogens is 296 g/mol. The standard InChI is InChI=1S/C11H11F6N.ClH/c12-10(13,14)5-4-9(18)7-2-1-3-8(6-7)11(15,16)17;/h1-3,6,9H,4-5,18H2;1H/t9-;/m1./s1. The first-order valence-corrected chi connectivity index (χ1v) is 5.09. The molecule has 0 radical (unpaired) electrons. The molecule has 0 spiro atoms. The first-order chi connectivity index (χ1) is 8.09. The molecule has 1 atom stereocenters. The second-order valence-corrected chi connectivity index (χ2v) is 3.88. The first-order valence-electron chi connectivity index (χ1n) is 5.09. The van der Waals surface area contributed by atoms with Gasteiger partial charge in [-0.25, -0.2) is 0 Å². The highest BCUT2D eigenvalue weighted by atomic mass is 35.5. The smallest absolute Gasteiger partial charge is 0.324 e. The zero-order chi connectivity index (χ0) is 14.0. The molecular formula is C11H12ClF6N. The molecule has 0 aliphatic carbocycles. The molecule has 2 N–H and O–H groups in total. The fourth-order valence-corrected chi connectivity index (χ4v) is 1.43. The lowest BCUT2D eigenvalue weighted by molar-refractivity contribution is -0.138. The fourth-order valence-electron chi connectivity index (χ4n) is 1.43. The van der Waals surface area contributed by atoms with Crippen molar-refractivity contribution in [3.63, 3.8) is 0 Å². The minimum atomic E-state index is -4.53. The number of hydrogen-bond donors (Lipinski definition) is 1. The average Bonchev–Trinajstić information content (AvgIpc) is 2.24. The maximum absolute atomic E-state index is 12.4. The summed E-state index contributed by atoms with van der Waals surface area (Å²) in [6.45, 7) is 0. The summed E-state index contributed by atoms with van der Waals surface area (Å²) in [7, 11) is 0. The lowest BCUT2D eigenvalue weighted by Crippen LogP contribution is -2.16. The van der Waals surface area contributed by atoms with Gasteiger partial charge >= 0.3 is 12.4 Å². The Kier molecular flexibility index (Phi) is 6.15. The lowest BCUT2D eigenvalue weighted by Gasteiger charge is -2.15. The first kappa shape index (κ1) is 18.0. The van der Waals surface area contributed by atoms with E-state index in [0.717, 1.165) is 18.2 Å². The van der Waals surface area contributed by atoms with Gasteiger partial charge in [0.15, 0.2) is 0 Å². The summed E-state index contributed by atoms with van der Waals surface area (Å²) in [5.74, 6) is 0. The van der Waals surface area contributed by atoms with Crippen LogP contribution in [0.25, 0.3) is 0 Å². The van der Waals surface area contributed by atoms with Crippen molar-refractivity contribution < 1.29 is 26.3 Å². The summed E-state index contributed by atoms with van der Waals surface area (Å²) in [5, 5.41) is 0. The van der Waals surface area contributed by atoms with E-state index in [4.69, 9.17) is 5.73 Å². The van der Waals surface area contributed by atoms with Gasteiger partial charge < -0.3 is 5.73 Å². The molecule has 0 unspecified atom stereocenters. The van der Waals surface area contributed by atoms with E-state index in [-0.39, 0.29) is 18.0 Å². The van der Waals surface area contributed by atoms with Gasteiger partial charge in [0.25, 0.3) is 0 Å². The van der Waals surface area contributed by atoms with Crippen LogP contribution in [0.5, 0.6) is 0 Å². The van der Waals surface area contributed by atoms with E-state index in [2.05, 4.69) is 0 Å². The van der Waals surface area contributed by atoms with Crippen LogP contribution in [0.3, 0.4) is 0 Å². The molecule has 1 aromatic carbocycles. The molecule has 110 valence electrons. The van der Waals surface area contributed by atoms with Crippen LogP contribution in [0.15, 0.2) is 24.3 Å². The van der Waals surface area contributed by atoms with E-state index in [1.165, 1.54) is 6.07 Å². The van der Waals surface area contributed by atoms with Gasteiger partial charge in [-0.1, -0.05) is 12.1 Å². The summed E-state index contributed by atoms with van der Waals surface area (Å²) in [6.07, 6.45) is -10.5. The van der Waals surface area contributed by atoms with Crippen molar-refractivity contribution in [3.8, 4) is 0 Å². The second kappa shape index (κ2) is 6.47. The van der Waals surface area contributed by atoms with Crippen LogP contribution in [-0.2, 0) is 6.18 Å². The van der Waals surface area contributed by atoms with E-state index in [1.54, 1.807) is 0 Å². The van der Waals surface area contributed by atoms with Crippen molar-refractivity contribution in [3.05, 3.63) is 35.4 Å². The van der Waals surface area contributed by atoms with Gasteiger partial charge in [-0.15, -0.1) is 12.4 Å². The van der Waals surface area contributed by atoms with Gasteiger partial charge in [0.1, 0.15) is 0 Å². The third-order valence-electron chi connectivity index (χ3n) is 2.38. The average molecular weight is 308 g/mol. The van der Waals surface area contributed by atoms with E-state index in [1.807, 2.05) is 0 Å². The molecule has 0 heterocycles. The number of halogens is 7. The molecule has 0 fully saturated rings. The normalized spacial score (nSPS) is 13.8. The summed E-state index contributed by atoms with van der Waals surface area (Å²) < 4.78 is 73.1. The summed E-state index contributed by atoms with van der Waals surface area (Å²) in [5.41, 5.74) is 4.58. The molecule has 0 bridgehead atoms. The Morgan fingerprint density at radius 3 is 2.11 bits per heavy atom. The Bertz CT molecular complexity index is 401. The maximum atomic E-state index is 12.4. The van der Waals surface area contributed by atoms with Gasteiger partial charge in [0.2, 0.25) is 0 Å². The van der Waals surface area contributed by atoms with Crippen LogP contribution in [0.4, 0.5) is 26.3 Å². The summed E-state index contributed by atoms with van der Waals surface area (Å²) in [4.78, 5) is 0. The van der Waals surface area contributed by atoms with Crippen molar-refractivity contribution in [1.82, 2.24) is 0 Å². The Hall–Kier alpha value is -0.950. The topological polar surface area (TPSA) is 26.0 Å². The van der Waals surface area contributed by atoms with Crippen LogP contribution < -0.4 is 5.73 Å². The van der Waals surface area contributed by atoms with Crippen LogP contribution >= 0.6 is 12.4 Å². The highest BCUT2D eigenvalue weighted by molar-refractivity contribution is 5.85. The Morgan fingerprint density at radius 1 is 1.05 bits per heavy atom. The highest BCUT2D eigenvalue weighted by Gasteiger charge is 2.31. The third kappa shape index (κ3) is 6.15. The molecule has 1 nitrogen and oxygen atoms in total. The predicted octanol–water partition coefficient (Wildman–Crippen LogP) is 4.47. The second-order valence-electron chi connectivity index (χ2n) is 3.88. The lowest BCUT2D eigenvalue weighted by atomic mass is 10.0. The Labute approximate surface area is 112 Å². The van der Waals surface area contributed by atoms with E-state index >= 15 is 0 Å². The molecule has 1 aromatic rings. The molecule has 19 heavy (non-hydrogen) atoms. The van der Waals surface area contributed by atoms with Gasteiger partial charge in [0, 0.05) is 12.5 Å². The minimum absolute atomic E-state index is 0. The molecule has 0 aromatic heterocycles. The molecule has 1 rings (SSSR count). The molecule has 0 saturated carbocycles. The van der Waals surface area contributed by atoms with Crippen molar-refractivity contribution >= 4 is 12.4 Å². The van der Waals surface area contributed by atoms with Crippen LogP contribution in [0.2, 0.25) is 0 Å². The molecule has 0 amide bonds. The van der Waals surface area contributed by atoms with Gasteiger partial charge in [0.05, 0.1) is 5.56 Å². The maximum Gasteiger partial charge on any atom is 0.416 e. The number of rotatable bonds is 3. The molecule has 0 saturated heterocycles. The molecule has 0 aliphatic heterocycles. The van der Waals surface area contributed by atoms with Crippen LogP contribution in [-0.4, -0.2) is 6.18 Å². The Morgan fingerprint density at radius 2 is 1.63 bits per heavy atom. The number of hydrogen-bond acceptors (Lipinski definition) is 1. The van der Waals surface area contributed by atoms with Crippen LogP contribution in [0, 0.1) is 0 Å². The number of nitrogens with two attached hydrogens (primary N) is 1. The van der Waals surface area contributed by atoms with Gasteiger partial charge in [-0.05, 0) is 24.1 Å². The predicted molar refractivity (Wildman–Crippen MR) is 60.9 cm³/mol. The zero-order valence-corrected chi connectivity index (χ0v) is 10.4. The zero-order valence-electron chi connectivity index (χ0n) is 9.55. The third-order valence-corrected chi connectivity index (χ3v) is 2.38. The SMILES string of the molecule is Cl.N[C@H](CCC(F)(F)F)c1cccc(C(F)(F)F)c1. The molecule has 8 heteroatoms. The highest BCUT2D eigenvalue weighted by Crippen LogP contribution is 2.32. The number of alkyl halides is 6. The van der Waals surface area contributed by atoms with E-state index < -0.39 is 36.8 Å². The van der Waals surface area contributed by atoms with Gasteiger partial charge in [-0.2, -0.15) is 26.3 Å². The fraction of sp³-hybridized carbons (Fsp3) is 0.455. The van der Waals surface area contributed by atoms with E-state index in [9.17, 15) is 26.3 Å². The van der Waals surface area contributed by atoms with Crippen molar-refractivity contribution in [2.45, 2.75) is 31.2 Å². The van der Waals surface area contributed by atoms with Crippen molar-refractivity contribution in [2.24, 2.45) is 5.73 Å². The largest absolute Gasteiger partial charge is 0.416 e. The van der Waals surface area contributed by atoms with Crippen LogP contribution in [0.1, 0.15) is 30.0 Å². The van der Waals surface area contributed by atoms with E-state index in [0.29, 0.717) is 0 Å².